The number of hydrazone groups is 1. The number of fused-ring (bicyclic) bond motifs is 1. The van der Waals surface area contributed by atoms with Gasteiger partial charge < -0.3 is 4.90 Å². The Morgan fingerprint density at radius 3 is 2.68 bits per heavy atom. The molecule has 1 aliphatic heterocycles. The van der Waals surface area contributed by atoms with Crippen LogP contribution in [0.4, 0.5) is 5.69 Å². The fraction of sp³-hybridized carbons (Fsp3) is 0.391. The van der Waals surface area contributed by atoms with E-state index in [0.717, 1.165) is 24.9 Å². The molecule has 0 spiro atoms. The molecule has 0 saturated carbocycles. The van der Waals surface area contributed by atoms with E-state index in [1.54, 1.807) is 30.5 Å². The van der Waals surface area contributed by atoms with Gasteiger partial charge in [0.15, 0.2) is 0 Å². The van der Waals surface area contributed by atoms with Gasteiger partial charge in [0, 0.05) is 28.4 Å². The summed E-state index contributed by atoms with van der Waals surface area (Å²) in [7, 11) is 0. The smallest absolute Gasteiger partial charge is 0.271 e. The summed E-state index contributed by atoms with van der Waals surface area (Å²) < 4.78 is 0. The van der Waals surface area contributed by atoms with Gasteiger partial charge in [0.1, 0.15) is 0 Å². The largest absolute Gasteiger partial charge is 0.366 e. The van der Waals surface area contributed by atoms with Gasteiger partial charge in [0.2, 0.25) is 0 Å². The molecule has 4 nitrogen and oxygen atoms in total. The van der Waals surface area contributed by atoms with Crippen molar-refractivity contribution in [2.45, 2.75) is 52.0 Å². The van der Waals surface area contributed by atoms with Crippen LogP contribution in [0.15, 0.2) is 47.6 Å². The molecule has 2 aromatic carbocycles. The van der Waals surface area contributed by atoms with Gasteiger partial charge in [-0.05, 0) is 80.1 Å². The molecule has 0 aliphatic carbocycles. The number of carbonyl (C=O) groups excluding carboxylic acids is 1. The second-order valence-electron chi connectivity index (χ2n) is 8.09. The van der Waals surface area contributed by atoms with Gasteiger partial charge in [-0.2, -0.15) is 5.10 Å². The molecule has 3 rings (SSSR count). The Morgan fingerprint density at radius 1 is 1.29 bits per heavy atom. The number of hydrogen-bond acceptors (Lipinski definition) is 3. The van der Waals surface area contributed by atoms with Crippen LogP contribution in [-0.4, -0.2) is 24.2 Å². The number of nitrogens with zero attached hydrogens (tertiary/aromatic N) is 2. The number of benzene rings is 2. The molecule has 1 amide bonds. The lowest BCUT2D eigenvalue weighted by atomic mass is 9.79. The molecule has 0 bridgehead atoms. The van der Waals surface area contributed by atoms with Gasteiger partial charge >= 0.3 is 0 Å². The summed E-state index contributed by atoms with van der Waals surface area (Å²) in [5, 5.41) is 4.73. The lowest BCUT2D eigenvalue weighted by Gasteiger charge is -2.47. The van der Waals surface area contributed by atoms with Gasteiger partial charge in [-0.3, -0.25) is 4.79 Å². The second kappa shape index (κ2) is 8.36. The fourth-order valence-corrected chi connectivity index (χ4v) is 4.19. The van der Waals surface area contributed by atoms with Crippen LogP contribution in [0.2, 0.25) is 5.02 Å². The van der Waals surface area contributed by atoms with E-state index in [2.05, 4.69) is 61.3 Å². The van der Waals surface area contributed by atoms with Gasteiger partial charge in [0.05, 0.1) is 6.21 Å². The Kier molecular flexibility index (Phi) is 6.09. The summed E-state index contributed by atoms with van der Waals surface area (Å²) in [6.45, 7) is 10.2. The molecule has 1 atom stereocenters. The molecule has 1 heterocycles. The first-order valence-corrected chi connectivity index (χ1v) is 10.2. The van der Waals surface area contributed by atoms with E-state index < -0.39 is 0 Å². The molecule has 1 aliphatic rings. The van der Waals surface area contributed by atoms with Crippen molar-refractivity contribution in [3.05, 3.63) is 64.2 Å². The molecule has 0 saturated heterocycles. The molecule has 0 radical (unpaired) electrons. The quantitative estimate of drug-likeness (QED) is 0.526. The van der Waals surface area contributed by atoms with Crippen molar-refractivity contribution >= 4 is 29.4 Å². The number of anilines is 1. The third kappa shape index (κ3) is 4.39. The van der Waals surface area contributed by atoms with Crippen molar-refractivity contribution < 1.29 is 4.79 Å². The first-order chi connectivity index (χ1) is 13.3. The topological polar surface area (TPSA) is 44.7 Å². The van der Waals surface area contributed by atoms with Gasteiger partial charge in [-0.1, -0.05) is 31.5 Å². The van der Waals surface area contributed by atoms with Crippen molar-refractivity contribution in [2.24, 2.45) is 5.10 Å². The van der Waals surface area contributed by atoms with Crippen LogP contribution in [0.5, 0.6) is 0 Å². The number of halogens is 1. The van der Waals surface area contributed by atoms with Crippen LogP contribution in [0.1, 0.15) is 67.9 Å². The summed E-state index contributed by atoms with van der Waals surface area (Å²) in [6, 6.07) is 13.2. The minimum Gasteiger partial charge on any atom is -0.366 e. The van der Waals surface area contributed by atoms with Gasteiger partial charge in [-0.25, -0.2) is 5.43 Å². The van der Waals surface area contributed by atoms with Crippen LogP contribution in [-0.2, 0) is 0 Å². The molecule has 28 heavy (non-hydrogen) atoms. The number of carbonyl (C=O) groups is 1. The first kappa shape index (κ1) is 20.4. The third-order valence-corrected chi connectivity index (χ3v) is 5.60. The molecule has 1 N–H and O–H groups in total. The average Bonchev–Trinajstić information content (AvgIpc) is 2.65. The molecule has 148 valence electrons. The molecule has 1 unspecified atom stereocenters. The highest BCUT2D eigenvalue weighted by molar-refractivity contribution is 6.30. The van der Waals surface area contributed by atoms with Crippen molar-refractivity contribution in [1.29, 1.82) is 0 Å². The molecule has 2 aromatic rings. The van der Waals surface area contributed by atoms with Gasteiger partial charge in [0.25, 0.3) is 5.91 Å². The van der Waals surface area contributed by atoms with E-state index in [4.69, 9.17) is 11.6 Å². The van der Waals surface area contributed by atoms with E-state index in [1.807, 2.05) is 0 Å². The first-order valence-electron chi connectivity index (χ1n) is 9.82. The Balaban J connectivity index is 1.76. The number of nitrogens with one attached hydrogen (secondary N) is 1. The van der Waals surface area contributed by atoms with Crippen LogP contribution in [0, 0.1) is 0 Å². The normalized spacial score (nSPS) is 18.2. The van der Waals surface area contributed by atoms with Gasteiger partial charge in [-0.15, -0.1) is 0 Å². The van der Waals surface area contributed by atoms with Crippen LogP contribution in [0.3, 0.4) is 0 Å². The molecular weight excluding hydrogens is 370 g/mol. The Morgan fingerprint density at radius 2 is 2.00 bits per heavy atom. The third-order valence-electron chi connectivity index (χ3n) is 5.34. The zero-order valence-corrected chi connectivity index (χ0v) is 17.8. The highest BCUT2D eigenvalue weighted by Crippen LogP contribution is 2.43. The standard InChI is InChI=1S/C23H28ClN3O/c1-5-12-27-21-11-6-17(13-20(21)16(2)14-23(27,3)4)15-25-26-22(28)18-7-9-19(24)10-8-18/h6-11,13,15-16H,5,12,14H2,1-4H3,(H,26,28)/b25-15-. The maximum atomic E-state index is 12.1. The summed E-state index contributed by atoms with van der Waals surface area (Å²) in [6.07, 6.45) is 3.94. The number of rotatable bonds is 5. The zero-order valence-electron chi connectivity index (χ0n) is 17.0. The predicted molar refractivity (Wildman–Crippen MR) is 118 cm³/mol. The summed E-state index contributed by atoms with van der Waals surface area (Å²) in [4.78, 5) is 14.7. The van der Waals surface area contributed by atoms with E-state index in [9.17, 15) is 4.79 Å². The Bertz CT molecular complexity index is 874. The highest BCUT2D eigenvalue weighted by atomic mass is 35.5. The van der Waals surface area contributed by atoms with Crippen LogP contribution >= 0.6 is 11.6 Å². The van der Waals surface area contributed by atoms with Crippen LogP contribution in [0.25, 0.3) is 0 Å². The summed E-state index contributed by atoms with van der Waals surface area (Å²) >= 11 is 5.85. The van der Waals surface area contributed by atoms with E-state index >= 15 is 0 Å². The number of hydrogen-bond donors (Lipinski definition) is 1. The van der Waals surface area contributed by atoms with E-state index in [0.29, 0.717) is 16.5 Å². The van der Waals surface area contributed by atoms with Crippen molar-refractivity contribution in [2.75, 3.05) is 11.4 Å². The number of amides is 1. The SMILES string of the molecule is CCCN1c2ccc(/C=N\NC(=O)c3ccc(Cl)cc3)cc2C(C)CC1(C)C. The van der Waals surface area contributed by atoms with Crippen LogP contribution < -0.4 is 10.3 Å². The Hall–Kier alpha value is -2.33. The monoisotopic (exact) mass is 397 g/mol. The molecular formula is C23H28ClN3O. The van der Waals surface area contributed by atoms with Crippen molar-refractivity contribution in [3.8, 4) is 0 Å². The van der Waals surface area contributed by atoms with E-state index in [-0.39, 0.29) is 11.4 Å². The lowest BCUT2D eigenvalue weighted by Crippen LogP contribution is -2.48. The van der Waals surface area contributed by atoms with Crippen molar-refractivity contribution in [1.82, 2.24) is 5.43 Å². The second-order valence-corrected chi connectivity index (χ2v) is 8.53. The maximum Gasteiger partial charge on any atom is 0.271 e. The average molecular weight is 398 g/mol. The fourth-order valence-electron chi connectivity index (χ4n) is 4.07. The van der Waals surface area contributed by atoms with Crippen molar-refractivity contribution in [3.63, 3.8) is 0 Å². The molecule has 0 fully saturated rings. The minimum absolute atomic E-state index is 0.157. The minimum atomic E-state index is -0.255. The summed E-state index contributed by atoms with van der Waals surface area (Å²) in [5.74, 6) is 0.227. The van der Waals surface area contributed by atoms with E-state index in [1.165, 1.54) is 11.3 Å². The zero-order chi connectivity index (χ0) is 20.3. The molecule has 0 aromatic heterocycles. The molecule has 5 heteroatoms. The predicted octanol–water partition coefficient (Wildman–Crippen LogP) is 5.61. The lowest BCUT2D eigenvalue weighted by molar-refractivity contribution is 0.0955. The Labute approximate surface area is 172 Å². The highest BCUT2D eigenvalue weighted by Gasteiger charge is 2.35. The summed E-state index contributed by atoms with van der Waals surface area (Å²) in [5.41, 5.74) is 6.91. The maximum absolute atomic E-state index is 12.1.